The van der Waals surface area contributed by atoms with Gasteiger partial charge in [0.2, 0.25) is 0 Å². The van der Waals surface area contributed by atoms with Crippen molar-refractivity contribution in [1.29, 1.82) is 0 Å². The first-order chi connectivity index (χ1) is 19.3. The average Bonchev–Trinajstić information content (AvgIpc) is 3.62. The minimum absolute atomic E-state index is 0.0404. The Labute approximate surface area is 245 Å². The molecule has 0 aliphatic carbocycles. The van der Waals surface area contributed by atoms with Crippen LogP contribution in [0.1, 0.15) is 18.4 Å². The second-order valence-corrected chi connectivity index (χ2v) is 13.6. The lowest BCUT2D eigenvalue weighted by Crippen LogP contribution is -2.46. The fraction of sp³-hybridized carbons (Fsp3) is 0.455. The average molecular weight is 561 g/mol. The zero-order valence-electron chi connectivity index (χ0n) is 25.8. The molecule has 0 saturated carbocycles. The number of anilines is 6. The van der Waals surface area contributed by atoms with Crippen molar-refractivity contribution >= 4 is 34.1 Å². The number of likely N-dealkylation sites (N-methyl/N-ethyl adjacent to an activating group) is 2. The molecule has 8 nitrogen and oxygen atoms in total. The van der Waals surface area contributed by atoms with E-state index in [1.165, 1.54) is 24.2 Å². The molecule has 2 fully saturated rings. The predicted octanol–water partition coefficient (Wildman–Crippen LogP) is 5.46. The van der Waals surface area contributed by atoms with Crippen molar-refractivity contribution in [3.63, 3.8) is 0 Å². The highest BCUT2D eigenvalue weighted by atomic mass is 16.3. The van der Waals surface area contributed by atoms with E-state index in [-0.39, 0.29) is 11.5 Å². The molecule has 2 aliphatic heterocycles. The Morgan fingerprint density at radius 3 is 1.32 bits per heavy atom. The lowest BCUT2D eigenvalue weighted by Gasteiger charge is -2.31. The topological polar surface area (TPSA) is 71.0 Å². The summed E-state index contributed by atoms with van der Waals surface area (Å²) in [6.07, 6.45) is 2.38. The van der Waals surface area contributed by atoms with Gasteiger partial charge in [0.05, 0.1) is 66.8 Å². The molecule has 8 heteroatoms. The van der Waals surface area contributed by atoms with Gasteiger partial charge in [-0.2, -0.15) is 0 Å². The highest BCUT2D eigenvalue weighted by molar-refractivity contribution is 5.80. The molecule has 0 amide bonds. The van der Waals surface area contributed by atoms with Gasteiger partial charge in [-0.1, -0.05) is 0 Å². The number of benzene rings is 3. The van der Waals surface area contributed by atoms with Gasteiger partial charge in [0.1, 0.15) is 23.6 Å². The normalized spacial score (nSPS) is 19.6. The van der Waals surface area contributed by atoms with Crippen LogP contribution in [0.25, 0.3) is 0 Å². The molecule has 2 saturated heterocycles. The standard InChI is InChI=1S/C33H46N6O2/c1-23-32(40)30(34-24-8-12-26(13-9-24)36-18-16-28(21-36)38(2,3)4)20-31(33(23)41)35-25-10-14-27(15-11-25)37-19-17-29(22-37)39(5,6)7/h8-15,20,28-29,34-35H,16-19,21-22H2,1-7H3/p+2. The van der Waals surface area contributed by atoms with Gasteiger partial charge in [-0.25, -0.2) is 0 Å². The monoisotopic (exact) mass is 560 g/mol. The molecular weight excluding hydrogens is 512 g/mol. The summed E-state index contributed by atoms with van der Waals surface area (Å²) in [5.74, 6) is 0.0808. The van der Waals surface area contributed by atoms with Crippen LogP contribution in [0, 0.1) is 6.92 Å². The zero-order chi connectivity index (χ0) is 29.5. The number of phenolic OH excluding ortho intramolecular Hbond substituents is 2. The van der Waals surface area contributed by atoms with Gasteiger partial charge in [0.25, 0.3) is 0 Å². The summed E-state index contributed by atoms with van der Waals surface area (Å²) in [5, 5.41) is 28.4. The number of nitrogens with zero attached hydrogens (tertiary/aromatic N) is 4. The summed E-state index contributed by atoms with van der Waals surface area (Å²) in [6, 6.07) is 19.7. The molecule has 0 spiro atoms. The van der Waals surface area contributed by atoms with Gasteiger partial charge in [-0.05, 0) is 61.5 Å². The minimum atomic E-state index is 0.0404. The summed E-state index contributed by atoms with van der Waals surface area (Å²) < 4.78 is 1.96. The smallest absolute Gasteiger partial charge is 0.145 e. The van der Waals surface area contributed by atoms with Gasteiger partial charge in [-0.3, -0.25) is 0 Å². The van der Waals surface area contributed by atoms with E-state index in [2.05, 4.69) is 87.0 Å². The molecule has 5 rings (SSSR count). The Bertz CT molecular complexity index is 1260. The van der Waals surface area contributed by atoms with Gasteiger partial charge >= 0.3 is 0 Å². The molecule has 2 atom stereocenters. The number of phenols is 2. The number of aromatic hydroxyl groups is 2. The van der Waals surface area contributed by atoms with Crippen molar-refractivity contribution in [3.05, 3.63) is 60.2 Å². The lowest BCUT2D eigenvalue weighted by molar-refractivity contribution is -0.893. The molecule has 3 aromatic rings. The van der Waals surface area contributed by atoms with Crippen LogP contribution in [-0.2, 0) is 0 Å². The number of nitrogens with one attached hydrogen (secondary N) is 2. The van der Waals surface area contributed by atoms with E-state index in [4.69, 9.17) is 0 Å². The SMILES string of the molecule is Cc1c(O)c(Nc2ccc(N3CCC([N+](C)(C)C)C3)cc2)cc(Nc2ccc(N3CCC([N+](C)(C)C)C3)cc2)c1O. The van der Waals surface area contributed by atoms with Crippen LogP contribution in [0.5, 0.6) is 11.5 Å². The molecule has 3 aromatic carbocycles. The van der Waals surface area contributed by atoms with Crippen LogP contribution < -0.4 is 20.4 Å². The van der Waals surface area contributed by atoms with Crippen molar-refractivity contribution in [2.45, 2.75) is 31.8 Å². The van der Waals surface area contributed by atoms with Gasteiger partial charge in [-0.15, -0.1) is 0 Å². The quantitative estimate of drug-likeness (QED) is 0.167. The Morgan fingerprint density at radius 1 is 0.634 bits per heavy atom. The summed E-state index contributed by atoms with van der Waals surface area (Å²) in [4.78, 5) is 4.89. The van der Waals surface area contributed by atoms with E-state index in [1.807, 2.05) is 24.3 Å². The first-order valence-corrected chi connectivity index (χ1v) is 14.7. The first-order valence-electron chi connectivity index (χ1n) is 14.7. The summed E-state index contributed by atoms with van der Waals surface area (Å²) in [5.41, 5.74) is 5.70. The third-order valence-electron chi connectivity index (χ3n) is 9.05. The third kappa shape index (κ3) is 6.34. The van der Waals surface area contributed by atoms with E-state index in [0.29, 0.717) is 29.0 Å². The van der Waals surface area contributed by atoms with Crippen molar-refractivity contribution in [2.24, 2.45) is 0 Å². The van der Waals surface area contributed by atoms with Crippen LogP contribution in [0.15, 0.2) is 54.6 Å². The van der Waals surface area contributed by atoms with Crippen LogP contribution in [-0.4, -0.2) is 99.7 Å². The largest absolute Gasteiger partial charge is 0.505 e. The zero-order valence-corrected chi connectivity index (χ0v) is 25.8. The fourth-order valence-corrected chi connectivity index (χ4v) is 6.03. The second-order valence-electron chi connectivity index (χ2n) is 13.6. The third-order valence-corrected chi connectivity index (χ3v) is 9.05. The van der Waals surface area contributed by atoms with E-state index >= 15 is 0 Å². The molecular formula is C33H48N6O2+2. The molecule has 4 N–H and O–H groups in total. The Morgan fingerprint density at radius 2 is 1.00 bits per heavy atom. The second kappa shape index (κ2) is 11.0. The molecule has 2 aliphatic rings. The maximum absolute atomic E-state index is 10.8. The van der Waals surface area contributed by atoms with Gasteiger partial charge < -0.3 is 39.6 Å². The minimum Gasteiger partial charge on any atom is -0.505 e. The fourth-order valence-electron chi connectivity index (χ4n) is 6.03. The lowest BCUT2D eigenvalue weighted by atomic mass is 10.1. The predicted molar refractivity (Wildman–Crippen MR) is 171 cm³/mol. The van der Waals surface area contributed by atoms with Gasteiger partial charge in [0, 0.05) is 54.2 Å². The summed E-state index contributed by atoms with van der Waals surface area (Å²) in [7, 11) is 13.6. The number of hydrogen-bond donors (Lipinski definition) is 4. The number of rotatable bonds is 8. The molecule has 0 radical (unpaired) electrons. The van der Waals surface area contributed by atoms with E-state index in [1.54, 1.807) is 13.0 Å². The first kappa shape index (κ1) is 28.9. The molecule has 2 unspecified atom stereocenters. The Kier molecular flexibility index (Phi) is 7.74. The van der Waals surface area contributed by atoms with Crippen molar-refractivity contribution < 1.29 is 19.2 Å². The number of quaternary nitrogens is 2. The maximum Gasteiger partial charge on any atom is 0.145 e. The molecule has 2 heterocycles. The van der Waals surface area contributed by atoms with Crippen molar-refractivity contribution in [3.8, 4) is 11.5 Å². The van der Waals surface area contributed by atoms with Crippen molar-refractivity contribution in [2.75, 3.05) is 88.9 Å². The van der Waals surface area contributed by atoms with Gasteiger partial charge in [0.15, 0.2) is 0 Å². The highest BCUT2D eigenvalue weighted by Gasteiger charge is 2.33. The molecule has 0 bridgehead atoms. The van der Waals surface area contributed by atoms with E-state index in [9.17, 15) is 10.2 Å². The van der Waals surface area contributed by atoms with Crippen LogP contribution in [0.2, 0.25) is 0 Å². The Hall–Kier alpha value is -3.62. The molecule has 0 aromatic heterocycles. The summed E-state index contributed by atoms with van der Waals surface area (Å²) in [6.45, 7) is 5.96. The van der Waals surface area contributed by atoms with Crippen molar-refractivity contribution in [1.82, 2.24) is 0 Å². The van der Waals surface area contributed by atoms with E-state index < -0.39 is 0 Å². The highest BCUT2D eigenvalue weighted by Crippen LogP contribution is 2.42. The molecule has 41 heavy (non-hydrogen) atoms. The van der Waals surface area contributed by atoms with Crippen LogP contribution in [0.4, 0.5) is 34.1 Å². The van der Waals surface area contributed by atoms with Crippen LogP contribution >= 0.6 is 0 Å². The maximum atomic E-state index is 10.8. The molecule has 220 valence electrons. The van der Waals surface area contributed by atoms with E-state index in [0.717, 1.165) is 46.5 Å². The van der Waals surface area contributed by atoms with Crippen LogP contribution in [0.3, 0.4) is 0 Å². The number of hydrogen-bond acceptors (Lipinski definition) is 6. The Balaban J connectivity index is 1.27. The summed E-state index contributed by atoms with van der Waals surface area (Å²) >= 11 is 0.